The Labute approximate surface area is 182 Å². The first-order chi connectivity index (χ1) is 12.9. The molecule has 6 heteroatoms. The lowest BCUT2D eigenvalue weighted by molar-refractivity contribution is 0.303. The third kappa shape index (κ3) is 5.55. The molecule has 0 amide bonds. The second kappa shape index (κ2) is 9.20. The molecular formula is C21H17BrCl3NO. The smallest absolute Gasteiger partial charge is 0.124 e. The van der Waals surface area contributed by atoms with Gasteiger partial charge in [0.05, 0.1) is 0 Å². The highest BCUT2D eigenvalue weighted by atomic mass is 79.9. The van der Waals surface area contributed by atoms with Gasteiger partial charge in [-0.2, -0.15) is 0 Å². The molecule has 0 saturated carbocycles. The van der Waals surface area contributed by atoms with Crippen molar-refractivity contribution in [3.05, 3.63) is 90.8 Å². The molecule has 3 aromatic carbocycles. The Kier molecular flexibility index (Phi) is 6.93. The molecule has 0 aliphatic heterocycles. The Morgan fingerprint density at radius 3 is 2.41 bits per heavy atom. The molecule has 3 rings (SSSR count). The van der Waals surface area contributed by atoms with E-state index < -0.39 is 0 Å². The summed E-state index contributed by atoms with van der Waals surface area (Å²) in [5, 5.41) is 5.32. The quantitative estimate of drug-likeness (QED) is 0.383. The summed E-state index contributed by atoms with van der Waals surface area (Å²) in [7, 11) is 0. The topological polar surface area (TPSA) is 21.3 Å². The maximum Gasteiger partial charge on any atom is 0.124 e. The van der Waals surface area contributed by atoms with E-state index in [9.17, 15) is 0 Å². The van der Waals surface area contributed by atoms with E-state index in [-0.39, 0.29) is 0 Å². The van der Waals surface area contributed by atoms with Crippen molar-refractivity contribution in [2.24, 2.45) is 0 Å². The van der Waals surface area contributed by atoms with E-state index in [0.717, 1.165) is 32.6 Å². The van der Waals surface area contributed by atoms with Gasteiger partial charge in [0.1, 0.15) is 12.4 Å². The molecule has 0 unspecified atom stereocenters. The van der Waals surface area contributed by atoms with Gasteiger partial charge in [0.2, 0.25) is 0 Å². The average Bonchev–Trinajstić information content (AvgIpc) is 2.63. The van der Waals surface area contributed by atoms with Gasteiger partial charge in [-0.25, -0.2) is 0 Å². The lowest BCUT2D eigenvalue weighted by atomic mass is 10.1. The molecule has 0 aliphatic rings. The van der Waals surface area contributed by atoms with Gasteiger partial charge >= 0.3 is 0 Å². The van der Waals surface area contributed by atoms with Gasteiger partial charge < -0.3 is 10.1 Å². The molecule has 0 aliphatic carbocycles. The van der Waals surface area contributed by atoms with Crippen LogP contribution in [0.3, 0.4) is 0 Å². The summed E-state index contributed by atoms with van der Waals surface area (Å²) in [6, 6.07) is 17.1. The maximum atomic E-state index is 6.24. The number of hydrogen-bond acceptors (Lipinski definition) is 2. The number of nitrogens with one attached hydrogen (secondary N) is 1. The molecule has 0 atom stereocenters. The first-order valence-corrected chi connectivity index (χ1v) is 10.2. The summed E-state index contributed by atoms with van der Waals surface area (Å²) in [6.45, 7) is 3.00. The first kappa shape index (κ1) is 20.3. The van der Waals surface area contributed by atoms with Crippen LogP contribution in [0.4, 0.5) is 5.69 Å². The molecule has 0 saturated heterocycles. The molecule has 0 bridgehead atoms. The predicted octanol–water partition coefficient (Wildman–Crippen LogP) is 7.91. The summed E-state index contributed by atoms with van der Waals surface area (Å²) in [5.74, 6) is 0.788. The van der Waals surface area contributed by atoms with Crippen LogP contribution in [0.5, 0.6) is 5.75 Å². The van der Waals surface area contributed by atoms with E-state index in [0.29, 0.717) is 28.2 Å². The number of hydrogen-bond donors (Lipinski definition) is 1. The average molecular weight is 486 g/mol. The van der Waals surface area contributed by atoms with Crippen molar-refractivity contribution in [1.29, 1.82) is 0 Å². The zero-order valence-corrected chi connectivity index (χ0v) is 18.4. The molecule has 140 valence electrons. The molecule has 0 fully saturated rings. The molecule has 0 spiro atoms. The molecule has 2 nitrogen and oxygen atoms in total. The van der Waals surface area contributed by atoms with Gasteiger partial charge in [-0.05, 0) is 55.0 Å². The van der Waals surface area contributed by atoms with Crippen LogP contribution in [0.1, 0.15) is 16.7 Å². The number of aryl methyl sites for hydroxylation is 1. The molecule has 1 N–H and O–H groups in total. The first-order valence-electron chi connectivity index (χ1n) is 8.27. The van der Waals surface area contributed by atoms with Crippen LogP contribution < -0.4 is 10.1 Å². The Balaban J connectivity index is 1.75. The highest BCUT2D eigenvalue weighted by Gasteiger charge is 2.08. The Morgan fingerprint density at radius 2 is 1.63 bits per heavy atom. The largest absolute Gasteiger partial charge is 0.488 e. The maximum absolute atomic E-state index is 6.24. The lowest BCUT2D eigenvalue weighted by Gasteiger charge is -2.15. The minimum atomic E-state index is 0.362. The third-order valence-electron chi connectivity index (χ3n) is 4.09. The minimum absolute atomic E-state index is 0.362. The van der Waals surface area contributed by atoms with E-state index in [4.69, 9.17) is 39.5 Å². The monoisotopic (exact) mass is 483 g/mol. The molecule has 3 aromatic rings. The van der Waals surface area contributed by atoms with Crippen LogP contribution in [-0.4, -0.2) is 0 Å². The minimum Gasteiger partial charge on any atom is -0.488 e. The van der Waals surface area contributed by atoms with E-state index in [1.54, 1.807) is 12.1 Å². The van der Waals surface area contributed by atoms with Crippen molar-refractivity contribution in [3.63, 3.8) is 0 Å². The highest BCUT2D eigenvalue weighted by Crippen LogP contribution is 2.28. The molecule has 0 radical (unpaired) electrons. The Morgan fingerprint density at radius 1 is 0.889 bits per heavy atom. The van der Waals surface area contributed by atoms with Crippen LogP contribution in [0, 0.1) is 6.92 Å². The highest BCUT2D eigenvalue weighted by molar-refractivity contribution is 9.10. The normalized spacial score (nSPS) is 10.7. The Hall–Kier alpha value is -1.39. The van der Waals surface area contributed by atoms with Crippen molar-refractivity contribution < 1.29 is 4.74 Å². The molecule has 0 aromatic heterocycles. The number of halogens is 4. The van der Waals surface area contributed by atoms with Crippen LogP contribution in [0.15, 0.2) is 59.1 Å². The lowest BCUT2D eigenvalue weighted by Crippen LogP contribution is -2.05. The standard InChI is InChI=1S/C21H17BrCl3NO/c1-13-2-5-18(24)10-20(13)26-11-15-8-16(22)4-7-21(15)27-12-14-3-6-17(23)9-19(14)25/h2-10,26H,11-12H2,1H3. The second-order valence-corrected chi connectivity index (χ2v) is 8.28. The predicted molar refractivity (Wildman–Crippen MR) is 118 cm³/mol. The van der Waals surface area contributed by atoms with Gasteiger partial charge in [-0.3, -0.25) is 0 Å². The van der Waals surface area contributed by atoms with Gasteiger partial charge in [-0.1, -0.05) is 62.9 Å². The van der Waals surface area contributed by atoms with Crippen LogP contribution >= 0.6 is 50.7 Å². The van der Waals surface area contributed by atoms with Crippen molar-refractivity contribution in [2.45, 2.75) is 20.1 Å². The summed E-state index contributed by atoms with van der Waals surface area (Å²) in [6.07, 6.45) is 0. The van der Waals surface area contributed by atoms with Crippen molar-refractivity contribution in [2.75, 3.05) is 5.32 Å². The SMILES string of the molecule is Cc1ccc(Cl)cc1NCc1cc(Br)ccc1OCc1ccc(Cl)cc1Cl. The zero-order chi connectivity index (χ0) is 19.4. The summed E-state index contributed by atoms with van der Waals surface area (Å²) in [4.78, 5) is 0. The van der Waals surface area contributed by atoms with Crippen LogP contribution in [0.2, 0.25) is 15.1 Å². The van der Waals surface area contributed by atoms with Gasteiger partial charge in [-0.15, -0.1) is 0 Å². The van der Waals surface area contributed by atoms with Crippen LogP contribution in [0.25, 0.3) is 0 Å². The fourth-order valence-corrected chi connectivity index (χ4v) is 3.64. The fraction of sp³-hybridized carbons (Fsp3) is 0.143. The van der Waals surface area contributed by atoms with Crippen molar-refractivity contribution in [3.8, 4) is 5.75 Å². The van der Waals surface area contributed by atoms with E-state index in [1.807, 2.05) is 49.4 Å². The van der Waals surface area contributed by atoms with Gasteiger partial charge in [0, 0.05) is 42.9 Å². The van der Waals surface area contributed by atoms with E-state index >= 15 is 0 Å². The summed E-state index contributed by atoms with van der Waals surface area (Å²) >= 11 is 21.8. The number of anilines is 1. The number of rotatable bonds is 6. The third-order valence-corrected chi connectivity index (χ3v) is 5.41. The molecule has 27 heavy (non-hydrogen) atoms. The molecular weight excluding hydrogens is 469 g/mol. The van der Waals surface area contributed by atoms with Crippen molar-refractivity contribution in [1.82, 2.24) is 0 Å². The molecule has 0 heterocycles. The van der Waals surface area contributed by atoms with Gasteiger partial charge in [0.25, 0.3) is 0 Å². The van der Waals surface area contributed by atoms with Gasteiger partial charge in [0.15, 0.2) is 0 Å². The number of ether oxygens (including phenoxy) is 1. The van der Waals surface area contributed by atoms with E-state index in [2.05, 4.69) is 21.2 Å². The summed E-state index contributed by atoms with van der Waals surface area (Å²) < 4.78 is 7.01. The fourth-order valence-electron chi connectivity index (χ4n) is 2.60. The van der Waals surface area contributed by atoms with E-state index in [1.165, 1.54) is 0 Å². The Bertz CT molecular complexity index is 962. The summed E-state index contributed by atoms with van der Waals surface area (Å²) in [5.41, 5.74) is 4.03. The van der Waals surface area contributed by atoms with Crippen LogP contribution in [-0.2, 0) is 13.2 Å². The zero-order valence-electron chi connectivity index (χ0n) is 14.5. The second-order valence-electron chi connectivity index (χ2n) is 6.09. The number of benzene rings is 3. The van der Waals surface area contributed by atoms with Crippen molar-refractivity contribution >= 4 is 56.4 Å².